The number of hydrogen-bond acceptors (Lipinski definition) is 5. The number of nitrogens with zero attached hydrogens (tertiary/aromatic N) is 2. The van der Waals surface area contributed by atoms with Crippen molar-refractivity contribution in [1.29, 1.82) is 0 Å². The molecule has 1 aromatic carbocycles. The summed E-state index contributed by atoms with van der Waals surface area (Å²) in [6.07, 6.45) is 4.32. The largest absolute Gasteiger partial charge is 0.326 e. The van der Waals surface area contributed by atoms with Gasteiger partial charge in [-0.3, -0.25) is 9.20 Å². The Morgan fingerprint density at radius 1 is 1.29 bits per heavy atom. The minimum Gasteiger partial charge on any atom is -0.326 e. The average Bonchev–Trinajstić information content (AvgIpc) is 3.22. The van der Waals surface area contributed by atoms with E-state index in [9.17, 15) is 13.2 Å². The van der Waals surface area contributed by atoms with Gasteiger partial charge in [0, 0.05) is 29.0 Å². The van der Waals surface area contributed by atoms with Crippen LogP contribution in [0.4, 0.5) is 5.69 Å². The molecule has 0 aliphatic carbocycles. The summed E-state index contributed by atoms with van der Waals surface area (Å²) in [4.78, 5) is 17.6. The third-order valence-electron chi connectivity index (χ3n) is 4.14. The van der Waals surface area contributed by atoms with Gasteiger partial charge in [0.25, 0.3) is 0 Å². The Labute approximate surface area is 143 Å². The lowest BCUT2D eigenvalue weighted by Gasteiger charge is -2.09. The van der Waals surface area contributed by atoms with Gasteiger partial charge in [-0.2, -0.15) is 0 Å². The molecular formula is C16H15N3O3S2. The van der Waals surface area contributed by atoms with Gasteiger partial charge in [-0.1, -0.05) is 12.1 Å². The molecule has 1 amide bonds. The quantitative estimate of drug-likeness (QED) is 0.777. The lowest BCUT2D eigenvalue weighted by atomic mass is 10.1. The Balaban J connectivity index is 1.48. The van der Waals surface area contributed by atoms with E-state index in [1.54, 1.807) is 11.3 Å². The molecule has 4 rings (SSSR count). The number of aromatic nitrogens is 2. The lowest BCUT2D eigenvalue weighted by Crippen LogP contribution is -2.23. The van der Waals surface area contributed by atoms with E-state index in [2.05, 4.69) is 10.3 Å². The minimum atomic E-state index is -3.05. The number of amides is 1. The monoisotopic (exact) mass is 361 g/mol. The van der Waals surface area contributed by atoms with Crippen molar-refractivity contribution in [2.75, 3.05) is 16.8 Å². The number of carbonyl (C=O) groups excluding carboxylic acids is 1. The van der Waals surface area contributed by atoms with Crippen LogP contribution >= 0.6 is 11.3 Å². The number of imidazole rings is 1. The van der Waals surface area contributed by atoms with Crippen molar-refractivity contribution < 1.29 is 13.2 Å². The van der Waals surface area contributed by atoms with Gasteiger partial charge in [0.15, 0.2) is 14.8 Å². The molecule has 1 N–H and O–H groups in total. The van der Waals surface area contributed by atoms with Crippen molar-refractivity contribution in [2.45, 2.75) is 6.42 Å². The predicted octanol–water partition coefficient (Wildman–Crippen LogP) is 2.44. The van der Waals surface area contributed by atoms with E-state index in [-0.39, 0.29) is 17.4 Å². The van der Waals surface area contributed by atoms with Crippen molar-refractivity contribution >= 4 is 37.7 Å². The van der Waals surface area contributed by atoms with E-state index < -0.39 is 15.8 Å². The molecule has 0 bridgehead atoms. The van der Waals surface area contributed by atoms with Gasteiger partial charge >= 0.3 is 0 Å². The first kappa shape index (κ1) is 15.3. The molecule has 24 heavy (non-hydrogen) atoms. The van der Waals surface area contributed by atoms with Crippen LogP contribution < -0.4 is 5.32 Å². The molecule has 8 heteroatoms. The zero-order valence-corrected chi connectivity index (χ0v) is 14.3. The predicted molar refractivity (Wildman–Crippen MR) is 93.9 cm³/mol. The molecule has 1 unspecified atom stereocenters. The number of sulfone groups is 1. The van der Waals surface area contributed by atoms with E-state index in [0.29, 0.717) is 12.1 Å². The van der Waals surface area contributed by atoms with Crippen LogP contribution in [0, 0.1) is 5.92 Å². The molecule has 1 saturated heterocycles. The summed E-state index contributed by atoms with van der Waals surface area (Å²) in [5.41, 5.74) is 2.50. The third kappa shape index (κ3) is 2.94. The normalized spacial score (nSPS) is 19.6. The number of fused-ring (bicyclic) bond motifs is 1. The standard InChI is InChI=1S/C16H15N3O3S2/c20-15(12-5-8-24(21,22)10-12)17-13-3-1-11(2-4-13)14-9-19-6-7-23-16(19)18-14/h1-4,6-7,9,12H,5,8,10H2,(H,17,20). The summed E-state index contributed by atoms with van der Waals surface area (Å²) in [7, 11) is -3.05. The summed E-state index contributed by atoms with van der Waals surface area (Å²) >= 11 is 1.57. The number of hydrogen-bond donors (Lipinski definition) is 1. The number of thiazole rings is 1. The summed E-state index contributed by atoms with van der Waals surface area (Å²) < 4.78 is 24.9. The van der Waals surface area contributed by atoms with Gasteiger partial charge in [-0.05, 0) is 18.6 Å². The molecule has 0 spiro atoms. The zero-order valence-electron chi connectivity index (χ0n) is 12.7. The van der Waals surface area contributed by atoms with Crippen molar-refractivity contribution in [3.63, 3.8) is 0 Å². The van der Waals surface area contributed by atoms with Gasteiger partial charge in [-0.15, -0.1) is 11.3 Å². The minimum absolute atomic E-state index is 0.0533. The first-order chi connectivity index (χ1) is 11.5. The second-order valence-corrected chi connectivity index (χ2v) is 8.99. The van der Waals surface area contributed by atoms with E-state index in [1.807, 2.05) is 46.4 Å². The smallest absolute Gasteiger partial charge is 0.228 e. The van der Waals surface area contributed by atoms with Crippen molar-refractivity contribution in [3.8, 4) is 11.3 Å². The van der Waals surface area contributed by atoms with Crippen LogP contribution in [0.1, 0.15) is 6.42 Å². The summed E-state index contributed by atoms with van der Waals surface area (Å²) in [5.74, 6) is -0.634. The second kappa shape index (κ2) is 5.71. The molecule has 1 fully saturated rings. The number of benzene rings is 1. The Hall–Kier alpha value is -2.19. The van der Waals surface area contributed by atoms with Gasteiger partial charge in [0.2, 0.25) is 5.91 Å². The molecule has 1 atom stereocenters. The Morgan fingerprint density at radius 3 is 2.75 bits per heavy atom. The SMILES string of the molecule is O=C(Nc1ccc(-c2cn3ccsc3n2)cc1)C1CCS(=O)(=O)C1. The highest BCUT2D eigenvalue weighted by Gasteiger charge is 2.32. The molecular weight excluding hydrogens is 346 g/mol. The number of anilines is 1. The van der Waals surface area contributed by atoms with Gasteiger partial charge in [0.1, 0.15) is 0 Å². The highest BCUT2D eigenvalue weighted by Crippen LogP contribution is 2.24. The fourth-order valence-corrected chi connectivity index (χ4v) is 5.28. The highest BCUT2D eigenvalue weighted by atomic mass is 32.2. The molecule has 0 saturated carbocycles. The summed E-state index contributed by atoms with van der Waals surface area (Å²) in [5, 5.41) is 4.78. The first-order valence-corrected chi connectivity index (χ1v) is 10.2. The lowest BCUT2D eigenvalue weighted by molar-refractivity contribution is -0.119. The highest BCUT2D eigenvalue weighted by molar-refractivity contribution is 7.91. The fourth-order valence-electron chi connectivity index (χ4n) is 2.84. The van der Waals surface area contributed by atoms with Crippen LogP contribution in [0.3, 0.4) is 0 Å². The maximum absolute atomic E-state index is 12.2. The van der Waals surface area contributed by atoms with Gasteiger partial charge in [0.05, 0.1) is 23.1 Å². The maximum atomic E-state index is 12.2. The fraction of sp³-hybridized carbons (Fsp3) is 0.250. The summed E-state index contributed by atoms with van der Waals surface area (Å²) in [6.45, 7) is 0. The van der Waals surface area contributed by atoms with E-state index in [4.69, 9.17) is 0 Å². The maximum Gasteiger partial charge on any atom is 0.228 e. The number of carbonyl (C=O) groups is 1. The van der Waals surface area contributed by atoms with Gasteiger partial charge in [-0.25, -0.2) is 13.4 Å². The topological polar surface area (TPSA) is 80.5 Å². The number of rotatable bonds is 3. The zero-order chi connectivity index (χ0) is 16.7. The van der Waals surface area contributed by atoms with Crippen LogP contribution in [0.25, 0.3) is 16.2 Å². The van der Waals surface area contributed by atoms with Crippen LogP contribution in [0.5, 0.6) is 0 Å². The molecule has 3 aromatic rings. The Bertz CT molecular complexity index is 974. The Kier molecular flexibility index (Phi) is 3.65. The van der Waals surface area contributed by atoms with Crippen molar-refractivity contribution in [3.05, 3.63) is 42.0 Å². The molecule has 3 heterocycles. The molecule has 0 radical (unpaired) electrons. The molecule has 1 aliphatic heterocycles. The van der Waals surface area contributed by atoms with Crippen LogP contribution in [-0.2, 0) is 14.6 Å². The second-order valence-electron chi connectivity index (χ2n) is 5.89. The van der Waals surface area contributed by atoms with Gasteiger partial charge < -0.3 is 5.32 Å². The van der Waals surface area contributed by atoms with E-state index >= 15 is 0 Å². The third-order valence-corrected chi connectivity index (χ3v) is 6.68. The molecule has 6 nitrogen and oxygen atoms in total. The van der Waals surface area contributed by atoms with Crippen molar-refractivity contribution in [1.82, 2.24) is 9.38 Å². The first-order valence-electron chi connectivity index (χ1n) is 7.54. The van der Waals surface area contributed by atoms with Crippen LogP contribution in [0.2, 0.25) is 0 Å². The van der Waals surface area contributed by atoms with Crippen LogP contribution in [0.15, 0.2) is 42.0 Å². The van der Waals surface area contributed by atoms with E-state index in [0.717, 1.165) is 16.2 Å². The molecule has 124 valence electrons. The van der Waals surface area contributed by atoms with Crippen molar-refractivity contribution in [2.24, 2.45) is 5.92 Å². The Morgan fingerprint density at radius 2 is 2.08 bits per heavy atom. The van der Waals surface area contributed by atoms with Crippen LogP contribution in [-0.4, -0.2) is 35.2 Å². The molecule has 2 aromatic heterocycles. The molecule has 1 aliphatic rings. The summed E-state index contributed by atoms with van der Waals surface area (Å²) in [6, 6.07) is 7.41. The average molecular weight is 361 g/mol. The van der Waals surface area contributed by atoms with E-state index in [1.165, 1.54) is 0 Å². The number of nitrogens with one attached hydrogen (secondary N) is 1.